The van der Waals surface area contributed by atoms with Gasteiger partial charge in [-0.1, -0.05) is 29.5 Å². The molecule has 6 heteroatoms. The molecule has 2 heterocycles. The maximum Gasteiger partial charge on any atom is 0.329 e. The highest BCUT2D eigenvalue weighted by Crippen LogP contribution is 2.37. The number of hydrogen-bond donors (Lipinski definition) is 1. The van der Waals surface area contributed by atoms with E-state index in [0.717, 1.165) is 34.9 Å². The van der Waals surface area contributed by atoms with Crippen LogP contribution in [0, 0.1) is 0 Å². The Morgan fingerprint density at radius 1 is 1.16 bits per heavy atom. The Hall–Kier alpha value is -2.73. The van der Waals surface area contributed by atoms with Crippen molar-refractivity contribution >= 4 is 16.5 Å². The first kappa shape index (κ1) is 15.8. The highest BCUT2D eigenvalue weighted by Gasteiger charge is 2.23. The summed E-state index contributed by atoms with van der Waals surface area (Å²) in [5.41, 5.74) is 9.40. The molecule has 1 atom stereocenters. The molecule has 0 saturated heterocycles. The van der Waals surface area contributed by atoms with Crippen LogP contribution in [0.1, 0.15) is 22.7 Å². The topological polar surface area (TPSA) is 67.8 Å². The van der Waals surface area contributed by atoms with Crippen molar-refractivity contribution in [2.45, 2.75) is 12.3 Å². The molecule has 25 heavy (non-hydrogen) atoms. The van der Waals surface area contributed by atoms with Gasteiger partial charge in [0.1, 0.15) is 11.4 Å². The summed E-state index contributed by atoms with van der Waals surface area (Å²) >= 11 is 1.52. The van der Waals surface area contributed by atoms with E-state index < -0.39 is 0 Å². The van der Waals surface area contributed by atoms with Gasteiger partial charge >= 0.3 is 5.13 Å². The van der Waals surface area contributed by atoms with Crippen molar-refractivity contribution in [1.82, 2.24) is 0 Å². The Kier molecular flexibility index (Phi) is 4.19. The largest absolute Gasteiger partial charge is 0.497 e. The zero-order valence-corrected chi connectivity index (χ0v) is 14.6. The number of nitrogens with one attached hydrogen (secondary N) is 1. The van der Waals surface area contributed by atoms with Gasteiger partial charge in [0.25, 0.3) is 0 Å². The van der Waals surface area contributed by atoms with E-state index in [4.69, 9.17) is 19.9 Å². The predicted octanol–water partition coefficient (Wildman–Crippen LogP) is 3.26. The third-order valence-corrected chi connectivity index (χ3v) is 5.08. The molecule has 1 aliphatic rings. The van der Waals surface area contributed by atoms with Gasteiger partial charge in [0.15, 0.2) is 11.5 Å². The van der Waals surface area contributed by atoms with E-state index in [9.17, 15) is 0 Å². The lowest BCUT2D eigenvalue weighted by molar-refractivity contribution is -0.368. The lowest BCUT2D eigenvalue weighted by Crippen LogP contribution is -2.17. The van der Waals surface area contributed by atoms with Crippen molar-refractivity contribution < 1.29 is 19.2 Å². The molecule has 1 aliphatic heterocycles. The van der Waals surface area contributed by atoms with Crippen LogP contribution in [-0.4, -0.2) is 13.9 Å². The van der Waals surface area contributed by atoms with Crippen LogP contribution in [0.2, 0.25) is 0 Å². The number of H-pyrrole nitrogens is 1. The van der Waals surface area contributed by atoms with E-state index in [0.29, 0.717) is 5.13 Å². The van der Waals surface area contributed by atoms with Gasteiger partial charge < -0.3 is 14.2 Å². The summed E-state index contributed by atoms with van der Waals surface area (Å²) in [7, 11) is 1.67. The number of benzene rings is 2. The molecule has 1 unspecified atom stereocenters. The van der Waals surface area contributed by atoms with Crippen LogP contribution in [0.5, 0.6) is 17.2 Å². The molecule has 0 amide bonds. The Balaban J connectivity index is 1.68. The Morgan fingerprint density at radius 3 is 2.68 bits per heavy atom. The molecule has 0 bridgehead atoms. The molecule has 5 nitrogen and oxygen atoms in total. The molecule has 1 aromatic heterocycles. The number of nitrogens with two attached hydrogens (primary N) is 1. The summed E-state index contributed by atoms with van der Waals surface area (Å²) in [6.07, 6.45) is 0.844. The summed E-state index contributed by atoms with van der Waals surface area (Å²) in [6, 6.07) is 14.3. The molecule has 2 aromatic carbocycles. The molecule has 3 aromatic rings. The molecule has 4 rings (SSSR count). The quantitative estimate of drug-likeness (QED) is 0.763. The molecule has 3 N–H and O–H groups in total. The van der Waals surface area contributed by atoms with Crippen LogP contribution in [0.15, 0.2) is 47.8 Å². The monoisotopic (exact) mass is 355 g/mol. The summed E-state index contributed by atoms with van der Waals surface area (Å²) in [6.45, 7) is 0.277. The SMILES string of the molecule is COc1ccc(CC(c2ccc3c(c2)OCO3)c2csc(N)[nH+]2)cc1. The van der Waals surface area contributed by atoms with Crippen LogP contribution in [0.3, 0.4) is 0 Å². The summed E-state index contributed by atoms with van der Waals surface area (Å²) in [4.78, 5) is 3.28. The lowest BCUT2D eigenvalue weighted by Gasteiger charge is -2.15. The number of hydrogen-bond acceptors (Lipinski definition) is 5. The molecule has 0 spiro atoms. The van der Waals surface area contributed by atoms with Gasteiger partial charge in [0.05, 0.1) is 13.0 Å². The highest BCUT2D eigenvalue weighted by molar-refractivity contribution is 7.13. The number of ether oxygens (including phenoxy) is 3. The second-order valence-electron chi connectivity index (χ2n) is 5.90. The van der Waals surface area contributed by atoms with Gasteiger partial charge in [-0.05, 0) is 41.8 Å². The van der Waals surface area contributed by atoms with Gasteiger partial charge in [-0.25, -0.2) is 4.98 Å². The van der Waals surface area contributed by atoms with Gasteiger partial charge in [-0.15, -0.1) is 0 Å². The fraction of sp³-hybridized carbons (Fsp3) is 0.211. The number of nitrogen functional groups attached to an aromatic ring is 1. The first-order valence-corrected chi connectivity index (χ1v) is 8.89. The zero-order chi connectivity index (χ0) is 17.2. The maximum absolute atomic E-state index is 5.92. The first-order valence-electron chi connectivity index (χ1n) is 8.01. The number of anilines is 1. The molecular formula is C19H19N2O3S+. The number of fused-ring (bicyclic) bond motifs is 1. The van der Waals surface area contributed by atoms with E-state index in [1.54, 1.807) is 7.11 Å². The number of rotatable bonds is 5. The third-order valence-electron chi connectivity index (χ3n) is 4.35. The molecule has 128 valence electrons. The number of aromatic amines is 1. The van der Waals surface area contributed by atoms with Crippen LogP contribution >= 0.6 is 11.3 Å². The van der Waals surface area contributed by atoms with Gasteiger partial charge in [-0.2, -0.15) is 0 Å². The van der Waals surface area contributed by atoms with E-state index in [2.05, 4.69) is 34.6 Å². The zero-order valence-electron chi connectivity index (χ0n) is 13.8. The summed E-state index contributed by atoms with van der Waals surface area (Å²) in [5.74, 6) is 2.59. The van der Waals surface area contributed by atoms with Gasteiger partial charge in [0.2, 0.25) is 6.79 Å². The average Bonchev–Trinajstić information content (AvgIpc) is 3.28. The van der Waals surface area contributed by atoms with Crippen molar-refractivity contribution in [1.29, 1.82) is 0 Å². The molecule has 0 radical (unpaired) electrons. The van der Waals surface area contributed by atoms with Crippen LogP contribution < -0.4 is 24.9 Å². The van der Waals surface area contributed by atoms with Crippen molar-refractivity contribution in [2.24, 2.45) is 0 Å². The van der Waals surface area contributed by atoms with Crippen LogP contribution in [-0.2, 0) is 6.42 Å². The van der Waals surface area contributed by atoms with E-state index in [1.807, 2.05) is 18.2 Å². The Morgan fingerprint density at radius 2 is 1.96 bits per heavy atom. The normalized spacial score (nSPS) is 13.6. The molecule has 0 fully saturated rings. The summed E-state index contributed by atoms with van der Waals surface area (Å²) in [5, 5.41) is 2.78. The van der Waals surface area contributed by atoms with E-state index >= 15 is 0 Å². The van der Waals surface area contributed by atoms with Crippen molar-refractivity contribution in [3.63, 3.8) is 0 Å². The predicted molar refractivity (Wildman–Crippen MR) is 96.4 cm³/mol. The lowest BCUT2D eigenvalue weighted by atomic mass is 9.89. The molecule has 0 saturated carbocycles. The van der Waals surface area contributed by atoms with Crippen molar-refractivity contribution in [3.05, 3.63) is 64.7 Å². The first-order chi connectivity index (χ1) is 12.2. The highest BCUT2D eigenvalue weighted by atomic mass is 32.1. The van der Waals surface area contributed by atoms with Crippen LogP contribution in [0.4, 0.5) is 5.13 Å². The second-order valence-corrected chi connectivity index (χ2v) is 6.81. The van der Waals surface area contributed by atoms with Gasteiger partial charge in [-0.3, -0.25) is 5.73 Å². The second kappa shape index (κ2) is 6.64. The minimum Gasteiger partial charge on any atom is -0.497 e. The van der Waals surface area contributed by atoms with E-state index in [-0.39, 0.29) is 12.7 Å². The Bertz CT molecular complexity index is 877. The Labute approximate surface area is 150 Å². The number of methoxy groups -OCH3 is 1. The fourth-order valence-electron chi connectivity index (χ4n) is 3.03. The molecular weight excluding hydrogens is 336 g/mol. The smallest absolute Gasteiger partial charge is 0.329 e. The third kappa shape index (κ3) is 3.25. The standard InChI is InChI=1S/C19H18N2O3S/c1-22-14-5-2-12(3-6-14)8-15(16-10-25-19(20)21-16)13-4-7-17-18(9-13)24-11-23-17/h2-7,9-10,15H,8,11H2,1H3,(H2,20,21)/p+1. The van der Waals surface area contributed by atoms with Crippen molar-refractivity contribution in [2.75, 3.05) is 19.6 Å². The molecule has 0 aliphatic carbocycles. The number of thiazole rings is 1. The summed E-state index contributed by atoms with van der Waals surface area (Å²) < 4.78 is 16.2. The minimum atomic E-state index is 0.149. The average molecular weight is 355 g/mol. The van der Waals surface area contributed by atoms with Gasteiger partial charge in [0, 0.05) is 5.38 Å². The maximum atomic E-state index is 5.92. The van der Waals surface area contributed by atoms with Crippen molar-refractivity contribution in [3.8, 4) is 17.2 Å². The van der Waals surface area contributed by atoms with Crippen LogP contribution in [0.25, 0.3) is 0 Å². The number of aromatic nitrogens is 1. The van der Waals surface area contributed by atoms with E-state index in [1.165, 1.54) is 16.9 Å². The fourth-order valence-corrected chi connectivity index (χ4v) is 3.69. The minimum absolute atomic E-state index is 0.149.